The maximum atomic E-state index is 10.5. The fraction of sp³-hybridized carbons (Fsp3) is 0.968. The van der Waals surface area contributed by atoms with Crippen LogP contribution in [0.2, 0.25) is 0 Å². The fourth-order valence-electron chi connectivity index (χ4n) is 5.02. The molecule has 0 aliphatic carbocycles. The Balaban J connectivity index is 3.01. The van der Waals surface area contributed by atoms with E-state index in [2.05, 4.69) is 0 Å². The SMILES string of the molecule is NCCCCCCCCCCCCCCCCCCCCCCCCCCCCCCC(=O)O. The summed E-state index contributed by atoms with van der Waals surface area (Å²) in [5.74, 6) is -0.650. The van der Waals surface area contributed by atoms with Gasteiger partial charge in [0.05, 0.1) is 0 Å². The third-order valence-corrected chi connectivity index (χ3v) is 7.34. The van der Waals surface area contributed by atoms with Crippen molar-refractivity contribution in [3.8, 4) is 0 Å². The van der Waals surface area contributed by atoms with E-state index in [4.69, 9.17) is 10.8 Å². The van der Waals surface area contributed by atoms with Gasteiger partial charge in [0, 0.05) is 6.42 Å². The Morgan fingerprint density at radius 3 is 0.706 bits per heavy atom. The zero-order valence-electron chi connectivity index (χ0n) is 23.1. The number of hydrogen-bond acceptors (Lipinski definition) is 2. The van der Waals surface area contributed by atoms with Gasteiger partial charge in [-0.05, 0) is 19.4 Å². The van der Waals surface area contributed by atoms with E-state index in [0.717, 1.165) is 19.4 Å². The molecule has 204 valence electrons. The number of nitrogens with two attached hydrogens (primary N) is 1. The molecule has 0 aromatic carbocycles. The molecule has 3 N–H and O–H groups in total. The first kappa shape index (κ1) is 33.4. The van der Waals surface area contributed by atoms with Gasteiger partial charge in [-0.1, -0.05) is 167 Å². The molecular formula is C31H63NO2. The van der Waals surface area contributed by atoms with Crippen LogP contribution in [0.3, 0.4) is 0 Å². The maximum Gasteiger partial charge on any atom is 0.303 e. The Morgan fingerprint density at radius 2 is 0.529 bits per heavy atom. The standard InChI is InChI=1S/C31H63NO2/c32-30-28-26-24-22-20-18-16-14-12-10-8-6-4-2-1-3-5-7-9-11-13-15-17-19-21-23-25-27-29-31(33)34/h1-30,32H2,(H,33,34). The van der Waals surface area contributed by atoms with Crippen LogP contribution in [0.25, 0.3) is 0 Å². The summed E-state index contributed by atoms with van der Waals surface area (Å²) in [5.41, 5.74) is 5.53. The molecule has 0 aromatic heterocycles. The monoisotopic (exact) mass is 481 g/mol. The minimum absolute atomic E-state index is 0.345. The fourth-order valence-corrected chi connectivity index (χ4v) is 5.02. The topological polar surface area (TPSA) is 63.3 Å². The van der Waals surface area contributed by atoms with E-state index in [1.807, 2.05) is 0 Å². The van der Waals surface area contributed by atoms with Crippen LogP contribution in [-0.2, 0) is 4.79 Å². The second-order valence-corrected chi connectivity index (χ2v) is 10.8. The molecule has 34 heavy (non-hydrogen) atoms. The Bertz CT molecular complexity index is 386. The Hall–Kier alpha value is -0.570. The first-order chi connectivity index (χ1) is 16.8. The molecular weight excluding hydrogens is 418 g/mol. The van der Waals surface area contributed by atoms with Crippen molar-refractivity contribution in [2.45, 2.75) is 186 Å². The van der Waals surface area contributed by atoms with Crippen molar-refractivity contribution in [3.63, 3.8) is 0 Å². The highest BCUT2D eigenvalue weighted by Gasteiger charge is 1.98. The van der Waals surface area contributed by atoms with Gasteiger partial charge in [0.1, 0.15) is 0 Å². The number of carboxylic acid groups (broad SMARTS) is 1. The normalized spacial score (nSPS) is 11.3. The molecule has 0 aromatic rings. The molecule has 0 saturated carbocycles. The average molecular weight is 482 g/mol. The zero-order chi connectivity index (χ0) is 24.8. The van der Waals surface area contributed by atoms with Crippen LogP contribution in [-0.4, -0.2) is 17.6 Å². The molecule has 0 bridgehead atoms. The van der Waals surface area contributed by atoms with Gasteiger partial charge in [-0.15, -0.1) is 0 Å². The van der Waals surface area contributed by atoms with Crippen LogP contribution in [0.4, 0.5) is 0 Å². The minimum atomic E-state index is -0.650. The summed E-state index contributed by atoms with van der Waals surface area (Å²) in [4.78, 5) is 10.5. The van der Waals surface area contributed by atoms with E-state index in [1.165, 1.54) is 167 Å². The lowest BCUT2D eigenvalue weighted by Gasteiger charge is -2.04. The molecule has 0 fully saturated rings. The molecule has 0 heterocycles. The minimum Gasteiger partial charge on any atom is -0.481 e. The van der Waals surface area contributed by atoms with E-state index in [1.54, 1.807) is 0 Å². The smallest absolute Gasteiger partial charge is 0.303 e. The van der Waals surface area contributed by atoms with Crippen molar-refractivity contribution in [1.82, 2.24) is 0 Å². The molecule has 3 nitrogen and oxygen atoms in total. The van der Waals surface area contributed by atoms with Crippen LogP contribution in [0.5, 0.6) is 0 Å². The van der Waals surface area contributed by atoms with Gasteiger partial charge in [0.2, 0.25) is 0 Å². The number of hydrogen-bond donors (Lipinski definition) is 2. The van der Waals surface area contributed by atoms with Crippen LogP contribution >= 0.6 is 0 Å². The lowest BCUT2D eigenvalue weighted by Crippen LogP contribution is -1.97. The van der Waals surface area contributed by atoms with Crippen molar-refractivity contribution in [2.75, 3.05) is 6.54 Å². The quantitative estimate of drug-likeness (QED) is 0.100. The molecule has 0 spiro atoms. The van der Waals surface area contributed by atoms with Crippen LogP contribution < -0.4 is 5.73 Å². The van der Waals surface area contributed by atoms with Gasteiger partial charge in [0.15, 0.2) is 0 Å². The average Bonchev–Trinajstić information content (AvgIpc) is 2.83. The maximum absolute atomic E-state index is 10.5. The molecule has 0 radical (unpaired) electrons. The number of rotatable bonds is 30. The highest BCUT2D eigenvalue weighted by atomic mass is 16.4. The van der Waals surface area contributed by atoms with Crippen molar-refractivity contribution in [2.24, 2.45) is 5.73 Å². The van der Waals surface area contributed by atoms with Crippen molar-refractivity contribution >= 4 is 5.97 Å². The van der Waals surface area contributed by atoms with Gasteiger partial charge >= 0.3 is 5.97 Å². The largest absolute Gasteiger partial charge is 0.481 e. The highest BCUT2D eigenvalue weighted by Crippen LogP contribution is 2.16. The summed E-state index contributed by atoms with van der Waals surface area (Å²) in [7, 11) is 0. The number of carbonyl (C=O) groups is 1. The summed E-state index contributed by atoms with van der Waals surface area (Å²) in [6.45, 7) is 0.865. The van der Waals surface area contributed by atoms with Gasteiger partial charge < -0.3 is 10.8 Å². The van der Waals surface area contributed by atoms with Crippen molar-refractivity contribution in [1.29, 1.82) is 0 Å². The molecule has 3 heteroatoms. The summed E-state index contributed by atoms with van der Waals surface area (Å²) in [6.07, 6.45) is 38.9. The second kappa shape index (κ2) is 30.5. The summed E-state index contributed by atoms with van der Waals surface area (Å²) < 4.78 is 0. The lowest BCUT2D eigenvalue weighted by atomic mass is 10.0. The van der Waals surface area contributed by atoms with Crippen LogP contribution in [0, 0.1) is 0 Å². The van der Waals surface area contributed by atoms with Crippen molar-refractivity contribution < 1.29 is 9.90 Å². The van der Waals surface area contributed by atoms with E-state index in [9.17, 15) is 4.79 Å². The second-order valence-electron chi connectivity index (χ2n) is 10.8. The van der Waals surface area contributed by atoms with E-state index in [-0.39, 0.29) is 0 Å². The molecule has 0 amide bonds. The van der Waals surface area contributed by atoms with E-state index >= 15 is 0 Å². The molecule has 0 aliphatic rings. The Morgan fingerprint density at radius 1 is 0.353 bits per heavy atom. The molecule has 0 atom stereocenters. The predicted molar refractivity (Wildman–Crippen MR) is 151 cm³/mol. The van der Waals surface area contributed by atoms with Crippen LogP contribution in [0.15, 0.2) is 0 Å². The third kappa shape index (κ3) is 31.4. The van der Waals surface area contributed by atoms with Crippen LogP contribution in [0.1, 0.15) is 186 Å². The zero-order valence-corrected chi connectivity index (χ0v) is 23.1. The lowest BCUT2D eigenvalue weighted by molar-refractivity contribution is -0.137. The molecule has 0 rings (SSSR count). The third-order valence-electron chi connectivity index (χ3n) is 7.34. The number of aliphatic carboxylic acids is 1. The van der Waals surface area contributed by atoms with Gasteiger partial charge in [-0.25, -0.2) is 0 Å². The number of carboxylic acids is 1. The molecule has 0 unspecified atom stereocenters. The Kier molecular flexibility index (Phi) is 30.0. The predicted octanol–water partition coefficient (Wildman–Crippen LogP) is 10.3. The summed E-state index contributed by atoms with van der Waals surface area (Å²) in [6, 6.07) is 0. The van der Waals surface area contributed by atoms with Gasteiger partial charge in [-0.2, -0.15) is 0 Å². The summed E-state index contributed by atoms with van der Waals surface area (Å²) >= 11 is 0. The summed E-state index contributed by atoms with van der Waals surface area (Å²) in [5, 5.41) is 8.61. The van der Waals surface area contributed by atoms with E-state index < -0.39 is 5.97 Å². The van der Waals surface area contributed by atoms with Gasteiger partial charge in [-0.3, -0.25) is 4.79 Å². The van der Waals surface area contributed by atoms with Gasteiger partial charge in [0.25, 0.3) is 0 Å². The first-order valence-electron chi connectivity index (χ1n) is 15.7. The highest BCUT2D eigenvalue weighted by molar-refractivity contribution is 5.66. The van der Waals surface area contributed by atoms with Crippen molar-refractivity contribution in [3.05, 3.63) is 0 Å². The first-order valence-corrected chi connectivity index (χ1v) is 15.7. The molecule has 0 aliphatic heterocycles. The molecule has 0 saturated heterocycles. The number of unbranched alkanes of at least 4 members (excludes halogenated alkanes) is 27. The van der Waals surface area contributed by atoms with E-state index in [0.29, 0.717) is 6.42 Å². The Labute approximate surface area is 214 Å².